The van der Waals surface area contributed by atoms with Gasteiger partial charge in [0.15, 0.2) is 5.16 Å². The van der Waals surface area contributed by atoms with Gasteiger partial charge in [0, 0.05) is 37.3 Å². The van der Waals surface area contributed by atoms with E-state index in [9.17, 15) is 22.4 Å². The second kappa shape index (κ2) is 7.86. The summed E-state index contributed by atoms with van der Waals surface area (Å²) in [7, 11) is -4.09. The van der Waals surface area contributed by atoms with E-state index in [0.717, 1.165) is 16.4 Å². The molecule has 12 heteroatoms. The molecular weight excluding hydrogens is 423 g/mol. The first-order valence-corrected chi connectivity index (χ1v) is 11.2. The Morgan fingerprint density at radius 3 is 2.76 bits per heavy atom. The van der Waals surface area contributed by atoms with Gasteiger partial charge < -0.3 is 10.1 Å². The number of anilines is 1. The molecule has 0 atom stereocenters. The normalized spacial score (nSPS) is 17.1. The zero-order chi connectivity index (χ0) is 20.6. The van der Waals surface area contributed by atoms with Crippen molar-refractivity contribution in [1.82, 2.24) is 13.9 Å². The predicted molar refractivity (Wildman–Crippen MR) is 103 cm³/mol. The number of benzene rings is 1. The van der Waals surface area contributed by atoms with E-state index in [1.54, 1.807) is 0 Å². The number of morpholine rings is 1. The van der Waals surface area contributed by atoms with Crippen LogP contribution in [0.3, 0.4) is 0 Å². The van der Waals surface area contributed by atoms with E-state index in [-0.39, 0.29) is 37.6 Å². The highest BCUT2D eigenvalue weighted by Crippen LogP contribution is 2.24. The van der Waals surface area contributed by atoms with E-state index in [4.69, 9.17) is 4.74 Å². The summed E-state index contributed by atoms with van der Waals surface area (Å²) in [4.78, 5) is 28.6. The number of aromatic nitrogens is 2. The molecule has 154 valence electrons. The zero-order valence-electron chi connectivity index (χ0n) is 15.1. The highest BCUT2D eigenvalue weighted by molar-refractivity contribution is 7.99. The molecule has 0 aliphatic carbocycles. The van der Waals surface area contributed by atoms with E-state index < -0.39 is 32.2 Å². The van der Waals surface area contributed by atoms with Crippen LogP contribution in [0.5, 0.6) is 0 Å². The van der Waals surface area contributed by atoms with Gasteiger partial charge in [-0.1, -0.05) is 11.8 Å². The van der Waals surface area contributed by atoms with Gasteiger partial charge in [0.1, 0.15) is 16.3 Å². The van der Waals surface area contributed by atoms with Crippen LogP contribution in [0.2, 0.25) is 0 Å². The van der Waals surface area contributed by atoms with Gasteiger partial charge in [-0.25, -0.2) is 17.8 Å². The largest absolute Gasteiger partial charge is 0.379 e. The van der Waals surface area contributed by atoms with Gasteiger partial charge in [0.2, 0.25) is 10.0 Å². The monoisotopic (exact) mass is 440 g/mol. The van der Waals surface area contributed by atoms with E-state index in [2.05, 4.69) is 10.3 Å². The summed E-state index contributed by atoms with van der Waals surface area (Å²) in [6.45, 7) is 1.16. The standard InChI is InChI=1S/C17H17FN4O5S2/c18-13-2-1-11(9-14(13)29(25,26)21-3-6-27-7-4-21)20-15(23)12-10-19-17-22(16(12)24)5-8-28-17/h1-2,9-10H,3-8H2,(H,20,23). The number of ether oxygens (including phenoxy) is 1. The maximum Gasteiger partial charge on any atom is 0.267 e. The molecule has 1 fully saturated rings. The lowest BCUT2D eigenvalue weighted by molar-refractivity contribution is 0.0729. The van der Waals surface area contributed by atoms with Crippen LogP contribution in [0.4, 0.5) is 10.1 Å². The van der Waals surface area contributed by atoms with Gasteiger partial charge in [0.05, 0.1) is 13.2 Å². The van der Waals surface area contributed by atoms with Crippen molar-refractivity contribution in [3.63, 3.8) is 0 Å². The number of nitrogens with one attached hydrogen (secondary N) is 1. The highest BCUT2D eigenvalue weighted by Gasteiger charge is 2.29. The molecule has 0 radical (unpaired) electrons. The first-order chi connectivity index (χ1) is 13.9. The molecule has 29 heavy (non-hydrogen) atoms. The second-order valence-electron chi connectivity index (χ2n) is 6.38. The fourth-order valence-corrected chi connectivity index (χ4v) is 5.49. The summed E-state index contributed by atoms with van der Waals surface area (Å²) < 4.78 is 47.5. The third-order valence-electron chi connectivity index (χ3n) is 4.58. The van der Waals surface area contributed by atoms with Crippen molar-refractivity contribution < 1.29 is 22.3 Å². The average molecular weight is 440 g/mol. The average Bonchev–Trinajstić information content (AvgIpc) is 3.20. The minimum Gasteiger partial charge on any atom is -0.379 e. The van der Waals surface area contributed by atoms with E-state index in [0.29, 0.717) is 17.5 Å². The van der Waals surface area contributed by atoms with Crippen LogP contribution in [0.25, 0.3) is 0 Å². The second-order valence-corrected chi connectivity index (χ2v) is 9.34. The molecule has 2 aliphatic rings. The van der Waals surface area contributed by atoms with Crippen molar-refractivity contribution in [3.8, 4) is 0 Å². The number of thioether (sulfide) groups is 1. The molecule has 1 saturated heterocycles. The number of sulfonamides is 1. The molecule has 9 nitrogen and oxygen atoms in total. The maximum absolute atomic E-state index is 14.3. The summed E-state index contributed by atoms with van der Waals surface area (Å²) in [6, 6.07) is 3.25. The van der Waals surface area contributed by atoms with Crippen molar-refractivity contribution in [2.45, 2.75) is 16.6 Å². The molecule has 0 bridgehead atoms. The Morgan fingerprint density at radius 2 is 2.00 bits per heavy atom. The Labute approximate surface area is 169 Å². The molecular formula is C17H17FN4O5S2. The first-order valence-electron chi connectivity index (χ1n) is 8.79. The van der Waals surface area contributed by atoms with Crippen LogP contribution in [0.1, 0.15) is 10.4 Å². The summed E-state index contributed by atoms with van der Waals surface area (Å²) in [5.74, 6) is -0.963. The Hall–Kier alpha value is -2.28. The van der Waals surface area contributed by atoms with Crippen LogP contribution >= 0.6 is 11.8 Å². The van der Waals surface area contributed by atoms with Crippen molar-refractivity contribution in [2.24, 2.45) is 0 Å². The Kier molecular flexibility index (Phi) is 5.42. The molecule has 1 amide bonds. The van der Waals surface area contributed by atoms with Gasteiger partial charge in [-0.3, -0.25) is 14.2 Å². The van der Waals surface area contributed by atoms with Gasteiger partial charge in [-0.15, -0.1) is 0 Å². The zero-order valence-corrected chi connectivity index (χ0v) is 16.8. The Balaban J connectivity index is 1.61. The molecule has 1 aromatic heterocycles. The number of carbonyl (C=O) groups is 1. The number of amides is 1. The third kappa shape index (κ3) is 3.80. The van der Waals surface area contributed by atoms with E-state index in [1.807, 2.05) is 0 Å². The van der Waals surface area contributed by atoms with E-state index in [1.165, 1.54) is 28.6 Å². The summed E-state index contributed by atoms with van der Waals surface area (Å²) in [5, 5.41) is 3.01. The van der Waals surface area contributed by atoms with Crippen molar-refractivity contribution in [2.75, 3.05) is 37.4 Å². The highest BCUT2D eigenvalue weighted by atomic mass is 32.2. The number of carbonyl (C=O) groups excluding carboxylic acids is 1. The number of rotatable bonds is 4. The van der Waals surface area contributed by atoms with Crippen LogP contribution < -0.4 is 10.9 Å². The molecule has 0 spiro atoms. The molecule has 2 aromatic rings. The molecule has 0 saturated carbocycles. The Bertz CT molecular complexity index is 1130. The first kappa shape index (κ1) is 20.0. The maximum atomic E-state index is 14.3. The summed E-state index contributed by atoms with van der Waals surface area (Å²) in [5.41, 5.74) is -0.582. The number of halogens is 1. The van der Waals surface area contributed by atoms with Crippen molar-refractivity contribution >= 4 is 33.4 Å². The molecule has 1 aromatic carbocycles. The summed E-state index contributed by atoms with van der Waals surface area (Å²) in [6.07, 6.45) is 1.19. The smallest absolute Gasteiger partial charge is 0.267 e. The lowest BCUT2D eigenvalue weighted by atomic mass is 10.2. The topological polar surface area (TPSA) is 111 Å². The van der Waals surface area contributed by atoms with Crippen molar-refractivity contribution in [1.29, 1.82) is 0 Å². The lowest BCUT2D eigenvalue weighted by Crippen LogP contribution is -2.40. The van der Waals surface area contributed by atoms with Gasteiger partial charge in [-0.2, -0.15) is 4.31 Å². The summed E-state index contributed by atoms with van der Waals surface area (Å²) >= 11 is 1.42. The van der Waals surface area contributed by atoms with E-state index >= 15 is 0 Å². The van der Waals surface area contributed by atoms with Crippen LogP contribution in [-0.4, -0.2) is 60.2 Å². The number of fused-ring (bicyclic) bond motifs is 1. The minimum atomic E-state index is -4.09. The molecule has 4 rings (SSSR count). The number of hydrogen-bond donors (Lipinski definition) is 1. The number of hydrogen-bond acceptors (Lipinski definition) is 7. The van der Waals surface area contributed by atoms with Gasteiger partial charge in [-0.05, 0) is 18.2 Å². The van der Waals surface area contributed by atoms with Crippen LogP contribution in [-0.2, 0) is 21.3 Å². The molecule has 1 N–H and O–H groups in total. The molecule has 2 aliphatic heterocycles. The fourth-order valence-electron chi connectivity index (χ4n) is 3.08. The predicted octanol–water partition coefficient (Wildman–Crippen LogP) is 0.761. The fraction of sp³-hybridized carbons (Fsp3) is 0.353. The lowest BCUT2D eigenvalue weighted by Gasteiger charge is -2.26. The minimum absolute atomic E-state index is 0.0579. The van der Waals surface area contributed by atoms with Crippen LogP contribution in [0.15, 0.2) is 39.2 Å². The van der Waals surface area contributed by atoms with Gasteiger partial charge in [0.25, 0.3) is 11.5 Å². The van der Waals surface area contributed by atoms with Crippen molar-refractivity contribution in [3.05, 3.63) is 46.1 Å². The SMILES string of the molecule is O=C(Nc1ccc(F)c(S(=O)(=O)N2CCOCC2)c1)c1cnc2n(c1=O)CCS2. The van der Waals surface area contributed by atoms with Crippen LogP contribution in [0, 0.1) is 5.82 Å². The quantitative estimate of drug-likeness (QED) is 0.699. The molecule has 0 unspecified atom stereocenters. The molecule has 3 heterocycles. The third-order valence-corrected chi connectivity index (χ3v) is 7.46. The van der Waals surface area contributed by atoms with Gasteiger partial charge >= 0.3 is 0 Å². The Morgan fingerprint density at radius 1 is 1.24 bits per heavy atom. The number of nitrogens with zero attached hydrogens (tertiary/aromatic N) is 3.